The van der Waals surface area contributed by atoms with E-state index in [9.17, 15) is 14.4 Å². The van der Waals surface area contributed by atoms with E-state index in [0.717, 1.165) is 70.6 Å². The maximum Gasteiger partial charge on any atom is 0.310 e. The van der Waals surface area contributed by atoms with Crippen LogP contribution in [0.15, 0.2) is 72.9 Å². The van der Waals surface area contributed by atoms with Crippen molar-refractivity contribution in [2.45, 2.75) is 271 Å². The molecule has 0 N–H and O–H groups in total. The molecule has 0 aliphatic rings. The average molecular weight is 907 g/mol. The summed E-state index contributed by atoms with van der Waals surface area (Å²) in [6.07, 6.45) is 67.7. The predicted octanol–water partition coefficient (Wildman–Crippen LogP) is 18.2. The number of allylic oxidation sites excluding steroid dienone is 11. The molecule has 1 atom stereocenters. The molecular weight excluding hydrogens is 805 g/mol. The molecule has 0 aromatic carbocycles. The Labute approximate surface area is 402 Å². The third-order valence-corrected chi connectivity index (χ3v) is 11.7. The Kier molecular flexibility index (Phi) is 50.9. The lowest BCUT2D eigenvalue weighted by Gasteiger charge is -2.18. The average Bonchev–Trinajstić information content (AvgIpc) is 3.30. The van der Waals surface area contributed by atoms with Gasteiger partial charge in [0.05, 0.1) is 6.42 Å². The Balaban J connectivity index is 4.46. The summed E-state index contributed by atoms with van der Waals surface area (Å²) in [5.41, 5.74) is 0. The Morgan fingerprint density at radius 3 is 1.00 bits per heavy atom. The zero-order valence-electron chi connectivity index (χ0n) is 42.7. The maximum atomic E-state index is 12.8. The molecule has 0 saturated heterocycles. The minimum atomic E-state index is -0.829. The lowest BCUT2D eigenvalue weighted by molar-refractivity contribution is -0.166. The van der Waals surface area contributed by atoms with Crippen molar-refractivity contribution in [3.8, 4) is 0 Å². The Morgan fingerprint density at radius 1 is 0.338 bits per heavy atom. The fourth-order valence-corrected chi connectivity index (χ4v) is 7.63. The Bertz CT molecular complexity index is 1230. The van der Waals surface area contributed by atoms with Gasteiger partial charge in [-0.1, -0.05) is 248 Å². The normalized spacial score (nSPS) is 12.6. The van der Waals surface area contributed by atoms with Gasteiger partial charge >= 0.3 is 17.9 Å². The van der Waals surface area contributed by atoms with Crippen molar-refractivity contribution in [3.63, 3.8) is 0 Å². The van der Waals surface area contributed by atoms with E-state index >= 15 is 0 Å². The van der Waals surface area contributed by atoms with Gasteiger partial charge in [0.25, 0.3) is 0 Å². The molecule has 0 aromatic heterocycles. The number of hydrogen-bond donors (Lipinski definition) is 0. The van der Waals surface area contributed by atoms with Crippen molar-refractivity contribution in [1.29, 1.82) is 0 Å². The van der Waals surface area contributed by atoms with Gasteiger partial charge in [0, 0.05) is 12.8 Å². The number of carbonyl (C=O) groups excluding carboxylic acids is 3. The van der Waals surface area contributed by atoms with Gasteiger partial charge in [0.2, 0.25) is 0 Å². The summed E-state index contributed by atoms with van der Waals surface area (Å²) in [4.78, 5) is 38.0. The predicted molar refractivity (Wildman–Crippen MR) is 279 cm³/mol. The molecule has 0 heterocycles. The summed E-state index contributed by atoms with van der Waals surface area (Å²) < 4.78 is 16.7. The highest BCUT2D eigenvalue weighted by Gasteiger charge is 2.19. The summed E-state index contributed by atoms with van der Waals surface area (Å²) in [6, 6.07) is 0. The van der Waals surface area contributed by atoms with Crippen LogP contribution in [0.2, 0.25) is 0 Å². The van der Waals surface area contributed by atoms with Gasteiger partial charge in [-0.25, -0.2) is 0 Å². The van der Waals surface area contributed by atoms with Crippen molar-refractivity contribution < 1.29 is 28.6 Å². The molecule has 374 valence electrons. The summed E-state index contributed by atoms with van der Waals surface area (Å²) in [5.74, 6) is -1.04. The molecule has 6 nitrogen and oxygen atoms in total. The van der Waals surface area contributed by atoms with E-state index in [-0.39, 0.29) is 31.6 Å². The smallest absolute Gasteiger partial charge is 0.310 e. The molecule has 1 unspecified atom stereocenters. The van der Waals surface area contributed by atoms with Crippen molar-refractivity contribution in [3.05, 3.63) is 72.9 Å². The van der Waals surface area contributed by atoms with Crippen LogP contribution in [0.4, 0.5) is 0 Å². The van der Waals surface area contributed by atoms with Crippen LogP contribution >= 0.6 is 0 Å². The molecule has 0 radical (unpaired) electrons. The second kappa shape index (κ2) is 53.5. The Morgan fingerprint density at radius 2 is 0.646 bits per heavy atom. The minimum absolute atomic E-state index is 0.0982. The number of esters is 3. The number of hydrogen-bond acceptors (Lipinski definition) is 6. The molecule has 0 amide bonds. The molecule has 6 heteroatoms. The molecule has 65 heavy (non-hydrogen) atoms. The molecular formula is C59H102O6. The van der Waals surface area contributed by atoms with Crippen LogP contribution in [0.1, 0.15) is 265 Å². The fraction of sp³-hybridized carbons (Fsp3) is 0.746. The zero-order chi connectivity index (χ0) is 47.2. The van der Waals surface area contributed by atoms with Gasteiger partial charge in [-0.05, 0) is 70.6 Å². The van der Waals surface area contributed by atoms with E-state index in [2.05, 4.69) is 81.5 Å². The van der Waals surface area contributed by atoms with Gasteiger partial charge in [-0.2, -0.15) is 0 Å². The van der Waals surface area contributed by atoms with E-state index in [1.54, 1.807) is 6.08 Å². The van der Waals surface area contributed by atoms with Crippen LogP contribution in [0.25, 0.3) is 0 Å². The molecule has 0 aromatic rings. The first-order valence-corrected chi connectivity index (χ1v) is 27.4. The van der Waals surface area contributed by atoms with Crippen molar-refractivity contribution in [2.24, 2.45) is 0 Å². The second-order valence-electron chi connectivity index (χ2n) is 18.1. The van der Waals surface area contributed by atoms with E-state index in [4.69, 9.17) is 14.2 Å². The zero-order valence-corrected chi connectivity index (χ0v) is 42.7. The number of rotatable bonds is 49. The van der Waals surface area contributed by atoms with Crippen molar-refractivity contribution in [2.75, 3.05) is 13.2 Å². The Hall–Kier alpha value is -3.15. The highest BCUT2D eigenvalue weighted by atomic mass is 16.6. The largest absolute Gasteiger partial charge is 0.462 e. The quantitative estimate of drug-likeness (QED) is 0.0262. The van der Waals surface area contributed by atoms with Gasteiger partial charge in [-0.15, -0.1) is 0 Å². The van der Waals surface area contributed by atoms with Crippen LogP contribution in [0.3, 0.4) is 0 Å². The monoisotopic (exact) mass is 907 g/mol. The standard InChI is InChI=1S/C59H102O6/c1-4-7-10-13-16-19-22-25-28-29-30-32-34-37-40-43-46-49-52-58(61)64-55-56(54-63-57(60)51-48-45-42-39-36-33-27-24-21-18-15-12-9-6-3)65-59(62)53-50-47-44-41-38-35-31-26-23-20-17-14-11-8-5-2/h8,11,17,20,26,28-29,31,38,41,47,50,56H,4-7,9-10,12-16,18-19,21-25,27,30,32-37,39-40,42-46,48-49,51-55H2,1-3H3/b11-8-,20-17-,29-28-,31-26-,41-38-,50-47-. The van der Waals surface area contributed by atoms with Gasteiger partial charge < -0.3 is 14.2 Å². The fourth-order valence-electron chi connectivity index (χ4n) is 7.63. The number of carbonyl (C=O) groups is 3. The molecule has 0 rings (SSSR count). The molecule has 0 spiro atoms. The van der Waals surface area contributed by atoms with Crippen LogP contribution < -0.4 is 0 Å². The van der Waals surface area contributed by atoms with E-state index in [1.807, 2.05) is 6.08 Å². The van der Waals surface area contributed by atoms with Gasteiger partial charge in [0.15, 0.2) is 6.10 Å². The highest BCUT2D eigenvalue weighted by molar-refractivity contribution is 5.72. The first-order valence-electron chi connectivity index (χ1n) is 27.4. The van der Waals surface area contributed by atoms with E-state index < -0.39 is 12.1 Å². The SMILES string of the molecule is CC/C=C\C/C=C\C/C=C\C/C=C\C/C=C\CC(=O)OC(COC(=O)CCCCCCCCC/C=C\CCCCCCCCC)COC(=O)CCCCCCCCCCCCCCCC. The number of unbranched alkanes of at least 4 members (excludes halogenated alkanes) is 27. The van der Waals surface area contributed by atoms with Crippen molar-refractivity contribution >= 4 is 17.9 Å². The summed E-state index contributed by atoms with van der Waals surface area (Å²) in [5, 5.41) is 0. The van der Waals surface area contributed by atoms with Gasteiger partial charge in [-0.3, -0.25) is 14.4 Å². The van der Waals surface area contributed by atoms with Crippen LogP contribution in [-0.4, -0.2) is 37.2 Å². The lowest BCUT2D eigenvalue weighted by Crippen LogP contribution is -2.30. The summed E-state index contributed by atoms with van der Waals surface area (Å²) in [6.45, 7) is 6.45. The van der Waals surface area contributed by atoms with E-state index in [0.29, 0.717) is 12.8 Å². The molecule has 0 saturated carbocycles. The molecule has 0 aliphatic heterocycles. The summed E-state index contributed by atoms with van der Waals surface area (Å²) in [7, 11) is 0. The first-order chi connectivity index (χ1) is 32.0. The third-order valence-electron chi connectivity index (χ3n) is 11.7. The third kappa shape index (κ3) is 51.7. The van der Waals surface area contributed by atoms with Crippen LogP contribution in [0, 0.1) is 0 Å². The number of ether oxygens (including phenoxy) is 3. The second-order valence-corrected chi connectivity index (χ2v) is 18.1. The van der Waals surface area contributed by atoms with Crippen LogP contribution in [0.5, 0.6) is 0 Å². The maximum absolute atomic E-state index is 12.8. The highest BCUT2D eigenvalue weighted by Crippen LogP contribution is 2.15. The minimum Gasteiger partial charge on any atom is -0.462 e. The lowest BCUT2D eigenvalue weighted by atomic mass is 10.0. The van der Waals surface area contributed by atoms with Crippen molar-refractivity contribution in [1.82, 2.24) is 0 Å². The summed E-state index contributed by atoms with van der Waals surface area (Å²) >= 11 is 0. The first kappa shape index (κ1) is 61.9. The molecule has 0 aliphatic carbocycles. The topological polar surface area (TPSA) is 78.9 Å². The van der Waals surface area contributed by atoms with Crippen LogP contribution in [-0.2, 0) is 28.6 Å². The van der Waals surface area contributed by atoms with E-state index in [1.165, 1.54) is 154 Å². The molecule has 0 bridgehead atoms. The van der Waals surface area contributed by atoms with Gasteiger partial charge in [0.1, 0.15) is 13.2 Å². The molecule has 0 fully saturated rings.